The number of nitrogens with zero attached hydrogens (tertiary/aromatic N) is 2. The third kappa shape index (κ3) is 5.04. The largest absolute Gasteiger partial charge is 0.486 e. The number of rotatable bonds is 5. The highest BCUT2D eigenvalue weighted by Gasteiger charge is 2.23. The van der Waals surface area contributed by atoms with Crippen LogP contribution in [0.15, 0.2) is 53.9 Å². The number of hydrogen-bond donors (Lipinski definition) is 1. The van der Waals surface area contributed by atoms with Crippen molar-refractivity contribution in [1.82, 2.24) is 9.80 Å². The van der Waals surface area contributed by atoms with Crippen LogP contribution in [-0.4, -0.2) is 61.0 Å². The number of hydrogen-bond acceptors (Lipinski definition) is 6. The van der Waals surface area contributed by atoms with Crippen LogP contribution in [0.3, 0.4) is 0 Å². The predicted octanol–water partition coefficient (Wildman–Crippen LogP) is 4.38. The maximum absolute atomic E-state index is 13.1. The second-order valence-corrected chi connectivity index (χ2v) is 9.53. The molecule has 0 bridgehead atoms. The van der Waals surface area contributed by atoms with Crippen LogP contribution in [-0.2, 0) is 6.54 Å². The van der Waals surface area contributed by atoms with Gasteiger partial charge in [0, 0.05) is 38.3 Å². The highest BCUT2D eigenvalue weighted by molar-refractivity contribution is 7.12. The fourth-order valence-electron chi connectivity index (χ4n) is 4.08. The molecule has 0 radical (unpaired) electrons. The van der Waals surface area contributed by atoms with Gasteiger partial charge in [-0.1, -0.05) is 23.7 Å². The minimum Gasteiger partial charge on any atom is -0.486 e. The average Bonchev–Trinajstić information content (AvgIpc) is 3.41. The summed E-state index contributed by atoms with van der Waals surface area (Å²) in [5.41, 5.74) is 2.10. The molecule has 9 heteroatoms. The van der Waals surface area contributed by atoms with E-state index in [-0.39, 0.29) is 11.8 Å². The summed E-state index contributed by atoms with van der Waals surface area (Å²) in [7, 11) is 0. The van der Waals surface area contributed by atoms with Gasteiger partial charge in [-0.25, -0.2) is 0 Å². The number of piperazine rings is 1. The summed E-state index contributed by atoms with van der Waals surface area (Å²) in [5.74, 6) is 1.28. The maximum Gasteiger partial charge on any atom is 0.265 e. The molecule has 0 atom stereocenters. The van der Waals surface area contributed by atoms with Crippen molar-refractivity contribution in [2.45, 2.75) is 6.54 Å². The Morgan fingerprint density at radius 1 is 0.971 bits per heavy atom. The first-order valence-electron chi connectivity index (χ1n) is 11.1. The number of carbonyl (C=O) groups excluding carboxylic acids is 2. The van der Waals surface area contributed by atoms with E-state index < -0.39 is 0 Å². The fourth-order valence-corrected chi connectivity index (χ4v) is 4.87. The van der Waals surface area contributed by atoms with Gasteiger partial charge in [0.05, 0.1) is 15.6 Å². The summed E-state index contributed by atoms with van der Waals surface area (Å²) < 4.78 is 11.3. The Balaban J connectivity index is 1.19. The van der Waals surface area contributed by atoms with E-state index in [4.69, 9.17) is 21.1 Å². The van der Waals surface area contributed by atoms with Crippen LogP contribution in [0, 0.1) is 0 Å². The minimum atomic E-state index is -0.241. The number of ether oxygens (including phenoxy) is 2. The number of anilines is 1. The number of carbonyl (C=O) groups is 2. The first kappa shape index (κ1) is 22.7. The summed E-state index contributed by atoms with van der Waals surface area (Å²) in [6, 6.07) is 14.6. The van der Waals surface area contributed by atoms with Crippen LogP contribution in [0.25, 0.3) is 0 Å². The van der Waals surface area contributed by atoms with Gasteiger partial charge in [-0.15, -0.1) is 11.3 Å². The Bertz CT molecular complexity index is 1190. The molecule has 1 aromatic heterocycles. The lowest BCUT2D eigenvalue weighted by molar-refractivity contribution is 0.0628. The first-order chi connectivity index (χ1) is 16.6. The Morgan fingerprint density at radius 2 is 1.76 bits per heavy atom. The molecule has 2 amide bonds. The van der Waals surface area contributed by atoms with Crippen molar-refractivity contribution in [2.75, 3.05) is 44.7 Å². The van der Waals surface area contributed by atoms with E-state index >= 15 is 0 Å². The second-order valence-electron chi connectivity index (χ2n) is 8.17. The Labute approximate surface area is 206 Å². The van der Waals surface area contributed by atoms with Gasteiger partial charge in [0.25, 0.3) is 11.8 Å². The second kappa shape index (κ2) is 10.0. The van der Waals surface area contributed by atoms with Crippen LogP contribution >= 0.6 is 22.9 Å². The zero-order valence-electron chi connectivity index (χ0n) is 18.5. The van der Waals surface area contributed by atoms with Gasteiger partial charge in [-0.2, -0.15) is 0 Å². The van der Waals surface area contributed by atoms with E-state index in [1.807, 2.05) is 28.5 Å². The zero-order chi connectivity index (χ0) is 23.5. The first-order valence-corrected chi connectivity index (χ1v) is 12.4. The van der Waals surface area contributed by atoms with Gasteiger partial charge in [-0.05, 0) is 47.3 Å². The molecular weight excluding hydrogens is 474 g/mol. The van der Waals surface area contributed by atoms with Crippen LogP contribution in [0.2, 0.25) is 5.02 Å². The van der Waals surface area contributed by atoms with Crippen LogP contribution in [0.1, 0.15) is 25.6 Å². The molecule has 1 saturated heterocycles. The van der Waals surface area contributed by atoms with Crippen molar-refractivity contribution < 1.29 is 19.1 Å². The molecule has 0 aliphatic carbocycles. The van der Waals surface area contributed by atoms with Crippen molar-refractivity contribution >= 4 is 40.4 Å². The van der Waals surface area contributed by atoms with Crippen molar-refractivity contribution in [2.24, 2.45) is 0 Å². The molecule has 34 heavy (non-hydrogen) atoms. The Hall–Kier alpha value is -3.07. The number of thiophene rings is 1. The highest BCUT2D eigenvalue weighted by Crippen LogP contribution is 2.31. The third-order valence-electron chi connectivity index (χ3n) is 5.88. The molecule has 7 nitrogen and oxygen atoms in total. The van der Waals surface area contributed by atoms with Crippen LogP contribution in [0.5, 0.6) is 11.5 Å². The molecule has 2 aromatic carbocycles. The van der Waals surface area contributed by atoms with Gasteiger partial charge in [0.15, 0.2) is 11.5 Å². The van der Waals surface area contributed by atoms with Gasteiger partial charge >= 0.3 is 0 Å². The van der Waals surface area contributed by atoms with Gasteiger partial charge < -0.3 is 19.7 Å². The van der Waals surface area contributed by atoms with Gasteiger partial charge in [-0.3, -0.25) is 14.5 Å². The quantitative estimate of drug-likeness (QED) is 0.566. The lowest BCUT2D eigenvalue weighted by Gasteiger charge is -2.35. The average molecular weight is 498 g/mol. The topological polar surface area (TPSA) is 71.1 Å². The van der Waals surface area contributed by atoms with E-state index in [1.165, 1.54) is 11.3 Å². The molecular formula is C25H24ClN3O4S. The molecule has 3 aromatic rings. The summed E-state index contributed by atoms with van der Waals surface area (Å²) >= 11 is 7.62. The van der Waals surface area contributed by atoms with E-state index in [0.717, 1.165) is 36.7 Å². The van der Waals surface area contributed by atoms with E-state index in [9.17, 15) is 9.59 Å². The lowest BCUT2D eigenvalue weighted by atomic mass is 10.1. The Morgan fingerprint density at radius 3 is 2.53 bits per heavy atom. The summed E-state index contributed by atoms with van der Waals surface area (Å²) in [5, 5.41) is 5.04. The molecule has 0 saturated carbocycles. The van der Waals surface area contributed by atoms with E-state index in [1.54, 1.807) is 24.3 Å². The minimum absolute atomic E-state index is 0.0673. The zero-order valence-corrected chi connectivity index (χ0v) is 20.0. The SMILES string of the molecule is O=C(Nc1cc(C(=O)N2CCN(Cc3ccc4c(c3)OCCO4)CC2)ccc1Cl)c1cccs1. The molecule has 0 spiro atoms. The molecule has 2 aliphatic heterocycles. The highest BCUT2D eigenvalue weighted by atomic mass is 35.5. The smallest absolute Gasteiger partial charge is 0.265 e. The lowest BCUT2D eigenvalue weighted by Crippen LogP contribution is -2.48. The van der Waals surface area contributed by atoms with Crippen molar-refractivity contribution in [3.05, 3.63) is 74.9 Å². The van der Waals surface area contributed by atoms with Crippen molar-refractivity contribution in [3.8, 4) is 11.5 Å². The number of fused-ring (bicyclic) bond motifs is 1. The monoisotopic (exact) mass is 497 g/mol. The summed E-state index contributed by atoms with van der Waals surface area (Å²) in [6.07, 6.45) is 0. The number of nitrogens with one attached hydrogen (secondary N) is 1. The van der Waals surface area contributed by atoms with E-state index in [0.29, 0.717) is 47.5 Å². The number of halogens is 1. The molecule has 1 N–H and O–H groups in total. The maximum atomic E-state index is 13.1. The molecule has 176 valence electrons. The number of benzene rings is 2. The van der Waals surface area contributed by atoms with Crippen LogP contribution < -0.4 is 14.8 Å². The number of amides is 2. The third-order valence-corrected chi connectivity index (χ3v) is 7.08. The molecule has 2 aliphatic rings. The summed E-state index contributed by atoms with van der Waals surface area (Å²) in [4.78, 5) is 30.3. The van der Waals surface area contributed by atoms with Gasteiger partial charge in [0.2, 0.25) is 0 Å². The van der Waals surface area contributed by atoms with Crippen molar-refractivity contribution in [3.63, 3.8) is 0 Å². The normalized spacial score (nSPS) is 15.7. The van der Waals surface area contributed by atoms with E-state index in [2.05, 4.69) is 16.3 Å². The van der Waals surface area contributed by atoms with Gasteiger partial charge in [0.1, 0.15) is 13.2 Å². The molecule has 1 fully saturated rings. The molecule has 3 heterocycles. The van der Waals surface area contributed by atoms with Crippen molar-refractivity contribution in [1.29, 1.82) is 0 Å². The van der Waals surface area contributed by atoms with Crippen LogP contribution in [0.4, 0.5) is 5.69 Å². The Kier molecular flexibility index (Phi) is 6.71. The molecule has 5 rings (SSSR count). The predicted molar refractivity (Wildman–Crippen MR) is 132 cm³/mol. The standard InChI is InChI=1S/C25H24ClN3O4S/c26-19-5-4-18(15-20(19)27-24(30)23-2-1-13-34-23)25(31)29-9-7-28(8-10-29)16-17-3-6-21-22(14-17)33-12-11-32-21/h1-6,13-15H,7-12,16H2,(H,27,30). The molecule has 0 unspecified atom stereocenters. The fraction of sp³-hybridized carbons (Fsp3) is 0.280. The summed E-state index contributed by atoms with van der Waals surface area (Å²) in [6.45, 7) is 4.75.